The van der Waals surface area contributed by atoms with E-state index in [2.05, 4.69) is 0 Å². The number of hydrogen-bond donors (Lipinski definition) is 1. The third-order valence-corrected chi connectivity index (χ3v) is 4.43. The molecule has 1 atom stereocenters. The molecule has 0 fully saturated rings. The minimum absolute atomic E-state index is 0.446. The molecule has 0 saturated heterocycles. The molecule has 3 nitrogen and oxygen atoms in total. The first-order valence-corrected chi connectivity index (χ1v) is 7.25. The summed E-state index contributed by atoms with van der Waals surface area (Å²) >= 11 is 13.4. The van der Waals surface area contributed by atoms with Crippen molar-refractivity contribution in [1.82, 2.24) is 0 Å². The van der Waals surface area contributed by atoms with Gasteiger partial charge in [-0.3, -0.25) is 0 Å². The van der Waals surface area contributed by atoms with Crippen molar-refractivity contribution in [2.45, 2.75) is 6.10 Å². The van der Waals surface area contributed by atoms with Gasteiger partial charge in [-0.05, 0) is 18.2 Å². The summed E-state index contributed by atoms with van der Waals surface area (Å²) in [5.41, 5.74) is 0.587. The van der Waals surface area contributed by atoms with E-state index in [0.717, 1.165) is 4.88 Å². The monoisotopic (exact) mass is 316 g/mol. The summed E-state index contributed by atoms with van der Waals surface area (Å²) in [7, 11) is 0. The van der Waals surface area contributed by atoms with Crippen LogP contribution < -0.4 is 9.47 Å². The van der Waals surface area contributed by atoms with Gasteiger partial charge in [0.1, 0.15) is 19.3 Å². The topological polar surface area (TPSA) is 38.7 Å². The highest BCUT2D eigenvalue weighted by atomic mass is 35.5. The maximum atomic E-state index is 10.4. The number of aliphatic hydroxyl groups excluding tert-OH is 1. The average molecular weight is 317 g/mol. The number of hydrogen-bond acceptors (Lipinski definition) is 4. The Labute approximate surface area is 124 Å². The van der Waals surface area contributed by atoms with E-state index in [0.29, 0.717) is 39.6 Å². The van der Waals surface area contributed by atoms with E-state index in [4.69, 9.17) is 32.7 Å². The lowest BCUT2D eigenvalue weighted by atomic mass is 10.1. The third kappa shape index (κ3) is 2.54. The first-order valence-electron chi connectivity index (χ1n) is 5.67. The van der Waals surface area contributed by atoms with E-state index in [1.54, 1.807) is 24.3 Å². The maximum absolute atomic E-state index is 10.4. The fourth-order valence-corrected chi connectivity index (χ4v) is 3.24. The summed E-state index contributed by atoms with van der Waals surface area (Å²) in [6, 6.07) is 6.92. The molecule has 0 radical (unpaired) electrons. The molecule has 6 heteroatoms. The van der Waals surface area contributed by atoms with Crippen LogP contribution in [0.2, 0.25) is 9.36 Å². The van der Waals surface area contributed by atoms with Crippen LogP contribution in [0.5, 0.6) is 11.5 Å². The Bertz CT molecular complexity index is 612. The molecular formula is C13H10Cl2O3S. The van der Waals surface area contributed by atoms with Crippen LogP contribution in [0.1, 0.15) is 16.5 Å². The Kier molecular flexibility index (Phi) is 3.58. The average Bonchev–Trinajstić information content (AvgIpc) is 2.84. The van der Waals surface area contributed by atoms with Gasteiger partial charge in [-0.15, -0.1) is 11.3 Å². The molecule has 19 heavy (non-hydrogen) atoms. The second kappa shape index (κ2) is 5.21. The van der Waals surface area contributed by atoms with Crippen LogP contribution in [0.15, 0.2) is 24.3 Å². The molecule has 100 valence electrons. The standard InChI is InChI=1S/C13H10Cl2O3S/c14-8-6-10-9(17-3-4-18-10)5-7(8)13(16)11-1-2-12(15)19-11/h1-2,5-6,13,16H,3-4H2. The predicted octanol–water partition coefficient (Wildman–Crippen LogP) is 3.91. The molecule has 2 aromatic rings. The lowest BCUT2D eigenvalue weighted by molar-refractivity contribution is 0.170. The fourth-order valence-electron chi connectivity index (χ4n) is 1.92. The van der Waals surface area contributed by atoms with Crippen LogP contribution in [0.4, 0.5) is 0 Å². The molecule has 0 bridgehead atoms. The number of fused-ring (bicyclic) bond motifs is 1. The second-order valence-electron chi connectivity index (χ2n) is 4.06. The van der Waals surface area contributed by atoms with E-state index < -0.39 is 6.10 Å². The third-order valence-electron chi connectivity index (χ3n) is 2.82. The summed E-state index contributed by atoms with van der Waals surface area (Å²) < 4.78 is 11.6. The molecule has 1 unspecified atom stereocenters. The van der Waals surface area contributed by atoms with Crippen molar-refractivity contribution in [3.8, 4) is 11.5 Å². The number of thiophene rings is 1. The van der Waals surface area contributed by atoms with Gasteiger partial charge < -0.3 is 14.6 Å². The van der Waals surface area contributed by atoms with Crippen molar-refractivity contribution in [2.24, 2.45) is 0 Å². The molecule has 0 aliphatic carbocycles. The maximum Gasteiger partial charge on any atom is 0.162 e. The van der Waals surface area contributed by atoms with Gasteiger partial charge in [0.2, 0.25) is 0 Å². The second-order valence-corrected chi connectivity index (χ2v) is 6.22. The molecule has 1 aliphatic heterocycles. The summed E-state index contributed by atoms with van der Waals surface area (Å²) in [5, 5.41) is 10.8. The lowest BCUT2D eigenvalue weighted by Crippen LogP contribution is -2.16. The number of benzene rings is 1. The largest absolute Gasteiger partial charge is 0.486 e. The van der Waals surface area contributed by atoms with Crippen LogP contribution in [-0.4, -0.2) is 18.3 Å². The first kappa shape index (κ1) is 13.1. The Morgan fingerprint density at radius 2 is 1.79 bits per heavy atom. The zero-order valence-corrected chi connectivity index (χ0v) is 12.1. The van der Waals surface area contributed by atoms with Crippen molar-refractivity contribution >= 4 is 34.5 Å². The van der Waals surface area contributed by atoms with Crippen LogP contribution in [-0.2, 0) is 0 Å². The lowest BCUT2D eigenvalue weighted by Gasteiger charge is -2.21. The van der Waals surface area contributed by atoms with Crippen LogP contribution in [0.25, 0.3) is 0 Å². The van der Waals surface area contributed by atoms with Gasteiger partial charge in [-0.1, -0.05) is 23.2 Å². The van der Waals surface area contributed by atoms with Crippen LogP contribution in [0.3, 0.4) is 0 Å². The van der Waals surface area contributed by atoms with Crippen molar-refractivity contribution in [1.29, 1.82) is 0 Å². The van der Waals surface area contributed by atoms with E-state index in [9.17, 15) is 5.11 Å². The van der Waals surface area contributed by atoms with Gasteiger partial charge in [0.05, 0.1) is 9.36 Å². The number of halogens is 2. The van der Waals surface area contributed by atoms with E-state index in [-0.39, 0.29) is 0 Å². The van der Waals surface area contributed by atoms with Crippen molar-refractivity contribution < 1.29 is 14.6 Å². The van der Waals surface area contributed by atoms with Gasteiger partial charge in [-0.2, -0.15) is 0 Å². The molecule has 0 saturated carbocycles. The van der Waals surface area contributed by atoms with E-state index in [1.165, 1.54) is 11.3 Å². The predicted molar refractivity (Wildman–Crippen MR) is 75.8 cm³/mol. The van der Waals surface area contributed by atoms with Gasteiger partial charge in [0, 0.05) is 16.5 Å². The Morgan fingerprint density at radius 1 is 1.11 bits per heavy atom. The van der Waals surface area contributed by atoms with Gasteiger partial charge >= 0.3 is 0 Å². The molecule has 3 rings (SSSR count). The Balaban J connectivity index is 2.00. The summed E-state index contributed by atoms with van der Waals surface area (Å²) in [4.78, 5) is 0.739. The number of aliphatic hydroxyl groups is 1. The molecule has 2 heterocycles. The van der Waals surface area contributed by atoms with Gasteiger partial charge in [-0.25, -0.2) is 0 Å². The van der Waals surface area contributed by atoms with E-state index in [1.807, 2.05) is 0 Å². The van der Waals surface area contributed by atoms with Gasteiger partial charge in [0.25, 0.3) is 0 Å². The molecule has 0 spiro atoms. The van der Waals surface area contributed by atoms with Crippen LogP contribution in [0, 0.1) is 0 Å². The van der Waals surface area contributed by atoms with Crippen molar-refractivity contribution in [3.05, 3.63) is 44.1 Å². The first-order chi connectivity index (χ1) is 9.15. The summed E-state index contributed by atoms with van der Waals surface area (Å²) in [5.74, 6) is 1.21. The van der Waals surface area contributed by atoms with Crippen LogP contribution >= 0.6 is 34.5 Å². The number of rotatable bonds is 2. The quantitative estimate of drug-likeness (QED) is 0.913. The highest BCUT2D eigenvalue weighted by Gasteiger charge is 2.21. The molecule has 1 aliphatic rings. The highest BCUT2D eigenvalue weighted by Crippen LogP contribution is 2.40. The Morgan fingerprint density at radius 3 is 2.42 bits per heavy atom. The Hall–Kier alpha value is -0.940. The van der Waals surface area contributed by atoms with E-state index >= 15 is 0 Å². The minimum atomic E-state index is -0.819. The minimum Gasteiger partial charge on any atom is -0.486 e. The molecule has 1 aromatic carbocycles. The zero-order chi connectivity index (χ0) is 13.4. The molecular weight excluding hydrogens is 307 g/mol. The normalized spacial score (nSPS) is 15.3. The molecule has 0 amide bonds. The highest BCUT2D eigenvalue weighted by molar-refractivity contribution is 7.16. The van der Waals surface area contributed by atoms with Crippen molar-refractivity contribution in [2.75, 3.05) is 13.2 Å². The smallest absolute Gasteiger partial charge is 0.162 e. The number of ether oxygens (including phenoxy) is 2. The molecule has 1 aromatic heterocycles. The fraction of sp³-hybridized carbons (Fsp3) is 0.231. The SMILES string of the molecule is OC(c1ccc(Cl)s1)c1cc2c(cc1Cl)OCCO2. The summed E-state index contributed by atoms with van der Waals surface area (Å²) in [6.07, 6.45) is -0.819. The zero-order valence-electron chi connectivity index (χ0n) is 9.73. The van der Waals surface area contributed by atoms with Gasteiger partial charge in [0.15, 0.2) is 11.5 Å². The summed E-state index contributed by atoms with van der Waals surface area (Å²) in [6.45, 7) is 1.00. The van der Waals surface area contributed by atoms with Crippen molar-refractivity contribution in [3.63, 3.8) is 0 Å². The molecule has 1 N–H and O–H groups in total.